The van der Waals surface area contributed by atoms with E-state index in [1.807, 2.05) is 6.07 Å². The van der Waals surface area contributed by atoms with E-state index >= 15 is 0 Å². The number of rotatable bonds is 3. The van der Waals surface area contributed by atoms with Crippen molar-refractivity contribution in [1.82, 2.24) is 4.98 Å². The first-order valence-electron chi connectivity index (χ1n) is 6.04. The maximum absolute atomic E-state index is 10.3. The molecular formula is C13H17N3O. The van der Waals surface area contributed by atoms with Crippen molar-refractivity contribution in [3.05, 3.63) is 23.9 Å². The first kappa shape index (κ1) is 11.9. The number of hydrogen-bond acceptors (Lipinski definition) is 4. The highest BCUT2D eigenvalue weighted by Gasteiger charge is 2.28. The molecule has 0 aromatic carbocycles. The molecule has 2 rings (SSSR count). The fraction of sp³-hybridized carbons (Fsp3) is 0.538. The van der Waals surface area contributed by atoms with E-state index in [2.05, 4.69) is 10.3 Å². The summed E-state index contributed by atoms with van der Waals surface area (Å²) in [7, 11) is 0. The van der Waals surface area contributed by atoms with Crippen LogP contribution in [-0.4, -0.2) is 22.2 Å². The molecule has 0 amide bonds. The van der Waals surface area contributed by atoms with Crippen LogP contribution in [0.15, 0.2) is 18.3 Å². The first-order chi connectivity index (χ1) is 8.22. The van der Waals surface area contributed by atoms with Gasteiger partial charge in [0, 0.05) is 12.7 Å². The summed E-state index contributed by atoms with van der Waals surface area (Å²) < 4.78 is 0. The minimum absolute atomic E-state index is 0.534. The van der Waals surface area contributed by atoms with E-state index in [4.69, 9.17) is 5.26 Å². The molecule has 1 fully saturated rings. The standard InChI is InChI=1S/C13H17N3O/c14-8-11-4-5-12(15-9-11)16-10-13(17)6-2-1-3-7-13/h4-5,9,17H,1-3,6-7,10H2,(H,15,16). The molecule has 0 spiro atoms. The summed E-state index contributed by atoms with van der Waals surface area (Å²) >= 11 is 0. The van der Waals surface area contributed by atoms with Crippen LogP contribution in [0.2, 0.25) is 0 Å². The van der Waals surface area contributed by atoms with Gasteiger partial charge in [-0.2, -0.15) is 5.26 Å². The monoisotopic (exact) mass is 231 g/mol. The van der Waals surface area contributed by atoms with Gasteiger partial charge in [0.2, 0.25) is 0 Å². The minimum atomic E-state index is -0.589. The number of nitrogens with zero attached hydrogens (tertiary/aromatic N) is 2. The van der Waals surface area contributed by atoms with Crippen molar-refractivity contribution in [1.29, 1.82) is 5.26 Å². The highest BCUT2D eigenvalue weighted by molar-refractivity contribution is 5.39. The van der Waals surface area contributed by atoms with Gasteiger partial charge in [0.05, 0.1) is 11.2 Å². The lowest BCUT2D eigenvalue weighted by atomic mass is 9.85. The Morgan fingerprint density at radius 3 is 2.71 bits per heavy atom. The van der Waals surface area contributed by atoms with Gasteiger partial charge in [0.15, 0.2) is 0 Å². The van der Waals surface area contributed by atoms with Gasteiger partial charge in [-0.3, -0.25) is 0 Å². The molecule has 2 N–H and O–H groups in total. The van der Waals surface area contributed by atoms with Gasteiger partial charge in [0.25, 0.3) is 0 Å². The highest BCUT2D eigenvalue weighted by atomic mass is 16.3. The summed E-state index contributed by atoms with van der Waals surface area (Å²) in [5.74, 6) is 0.711. The molecule has 0 saturated heterocycles. The smallest absolute Gasteiger partial charge is 0.126 e. The summed E-state index contributed by atoms with van der Waals surface area (Å²) in [6.45, 7) is 0.534. The van der Waals surface area contributed by atoms with Gasteiger partial charge >= 0.3 is 0 Å². The second kappa shape index (κ2) is 5.15. The summed E-state index contributed by atoms with van der Waals surface area (Å²) in [5, 5.41) is 22.1. The molecule has 0 aliphatic heterocycles. The number of hydrogen-bond donors (Lipinski definition) is 2. The molecule has 0 bridgehead atoms. The molecule has 1 aromatic rings. The Labute approximate surface area is 101 Å². The lowest BCUT2D eigenvalue weighted by Crippen LogP contribution is -2.38. The minimum Gasteiger partial charge on any atom is -0.388 e. The third-order valence-electron chi connectivity index (χ3n) is 3.28. The second-order valence-electron chi connectivity index (χ2n) is 4.68. The predicted octanol–water partition coefficient (Wildman–Crippen LogP) is 2.06. The zero-order valence-corrected chi connectivity index (χ0v) is 9.82. The van der Waals surface area contributed by atoms with E-state index in [1.165, 1.54) is 12.6 Å². The van der Waals surface area contributed by atoms with Crippen LogP contribution >= 0.6 is 0 Å². The van der Waals surface area contributed by atoms with Crippen molar-refractivity contribution in [2.45, 2.75) is 37.7 Å². The largest absolute Gasteiger partial charge is 0.388 e. The van der Waals surface area contributed by atoms with Crippen LogP contribution in [0.5, 0.6) is 0 Å². The van der Waals surface area contributed by atoms with Crippen molar-refractivity contribution in [3.8, 4) is 6.07 Å². The van der Waals surface area contributed by atoms with Crippen LogP contribution in [0.1, 0.15) is 37.7 Å². The Morgan fingerprint density at radius 1 is 1.35 bits per heavy atom. The first-order valence-corrected chi connectivity index (χ1v) is 6.04. The Hall–Kier alpha value is -1.60. The second-order valence-corrected chi connectivity index (χ2v) is 4.68. The lowest BCUT2D eigenvalue weighted by molar-refractivity contribution is 0.0166. The average Bonchev–Trinajstić information content (AvgIpc) is 2.38. The number of pyridine rings is 1. The fourth-order valence-electron chi connectivity index (χ4n) is 2.21. The zero-order valence-electron chi connectivity index (χ0n) is 9.82. The molecule has 90 valence electrons. The molecule has 0 unspecified atom stereocenters. The van der Waals surface area contributed by atoms with Crippen LogP contribution < -0.4 is 5.32 Å². The van der Waals surface area contributed by atoms with Crippen LogP contribution in [0.4, 0.5) is 5.82 Å². The van der Waals surface area contributed by atoms with E-state index in [0.29, 0.717) is 17.9 Å². The Balaban J connectivity index is 1.90. The Bertz CT molecular complexity index is 402. The van der Waals surface area contributed by atoms with Crippen molar-refractivity contribution < 1.29 is 5.11 Å². The van der Waals surface area contributed by atoms with Crippen molar-refractivity contribution in [3.63, 3.8) is 0 Å². The van der Waals surface area contributed by atoms with Gasteiger partial charge in [-0.25, -0.2) is 4.98 Å². The van der Waals surface area contributed by atoms with E-state index in [9.17, 15) is 5.11 Å². The molecule has 1 aliphatic rings. The van der Waals surface area contributed by atoms with Crippen molar-refractivity contribution in [2.75, 3.05) is 11.9 Å². The van der Waals surface area contributed by atoms with Crippen molar-refractivity contribution in [2.24, 2.45) is 0 Å². The maximum Gasteiger partial charge on any atom is 0.126 e. The van der Waals surface area contributed by atoms with Crippen LogP contribution in [0.25, 0.3) is 0 Å². The van der Waals surface area contributed by atoms with E-state index < -0.39 is 5.60 Å². The molecule has 1 aromatic heterocycles. The van der Waals surface area contributed by atoms with Crippen LogP contribution in [-0.2, 0) is 0 Å². The normalized spacial score (nSPS) is 18.4. The van der Waals surface area contributed by atoms with Crippen molar-refractivity contribution >= 4 is 5.82 Å². The Morgan fingerprint density at radius 2 is 2.12 bits per heavy atom. The number of aromatic nitrogens is 1. The lowest BCUT2D eigenvalue weighted by Gasteiger charge is -2.32. The fourth-order valence-corrected chi connectivity index (χ4v) is 2.21. The number of nitrogens with one attached hydrogen (secondary N) is 1. The van der Waals surface area contributed by atoms with Gasteiger partial charge in [-0.05, 0) is 25.0 Å². The Kier molecular flexibility index (Phi) is 3.60. The molecule has 0 radical (unpaired) electrons. The number of nitriles is 1. The number of anilines is 1. The third kappa shape index (κ3) is 3.18. The third-order valence-corrected chi connectivity index (χ3v) is 3.28. The molecule has 4 heteroatoms. The molecule has 17 heavy (non-hydrogen) atoms. The molecule has 4 nitrogen and oxygen atoms in total. The van der Waals surface area contributed by atoms with E-state index in [0.717, 1.165) is 25.7 Å². The average molecular weight is 231 g/mol. The summed E-state index contributed by atoms with van der Waals surface area (Å²) in [5.41, 5.74) is -0.0414. The summed E-state index contributed by atoms with van der Waals surface area (Å²) in [4.78, 5) is 4.12. The number of aliphatic hydroxyl groups is 1. The van der Waals surface area contributed by atoms with Gasteiger partial charge < -0.3 is 10.4 Å². The topological polar surface area (TPSA) is 68.9 Å². The maximum atomic E-state index is 10.3. The van der Waals surface area contributed by atoms with Crippen LogP contribution in [0, 0.1) is 11.3 Å². The molecule has 1 heterocycles. The molecular weight excluding hydrogens is 214 g/mol. The van der Waals surface area contributed by atoms with E-state index in [1.54, 1.807) is 12.1 Å². The van der Waals surface area contributed by atoms with Gasteiger partial charge in [-0.15, -0.1) is 0 Å². The van der Waals surface area contributed by atoms with Crippen LogP contribution in [0.3, 0.4) is 0 Å². The molecule has 1 saturated carbocycles. The SMILES string of the molecule is N#Cc1ccc(NCC2(O)CCCCC2)nc1. The predicted molar refractivity (Wildman–Crippen MR) is 65.5 cm³/mol. The summed E-state index contributed by atoms with van der Waals surface area (Å²) in [6.07, 6.45) is 6.66. The van der Waals surface area contributed by atoms with E-state index in [-0.39, 0.29) is 0 Å². The molecule has 0 atom stereocenters. The molecule has 1 aliphatic carbocycles. The highest BCUT2D eigenvalue weighted by Crippen LogP contribution is 2.28. The zero-order chi connectivity index (χ0) is 12.1. The quantitative estimate of drug-likeness (QED) is 0.835. The van der Waals surface area contributed by atoms with Gasteiger partial charge in [0.1, 0.15) is 11.9 Å². The summed E-state index contributed by atoms with van der Waals surface area (Å²) in [6, 6.07) is 5.52. The van der Waals surface area contributed by atoms with Gasteiger partial charge in [-0.1, -0.05) is 19.3 Å².